The Morgan fingerprint density at radius 3 is 1.26 bits per heavy atom. The number of hydrogen-bond donors (Lipinski definition) is 35. The van der Waals surface area contributed by atoms with Crippen LogP contribution < -0.4 is 16.8 Å². The number of aliphatic hydroxyl groups is 28. The van der Waals surface area contributed by atoms with Gasteiger partial charge < -0.3 is 270 Å². The van der Waals surface area contributed by atoms with Crippen LogP contribution in [0.15, 0.2) is 0 Å². The Labute approximate surface area is 713 Å². The van der Waals surface area contributed by atoms with Gasteiger partial charge in [-0.1, -0.05) is 0 Å². The Morgan fingerprint density at radius 1 is 0.370 bits per heavy atom. The van der Waals surface area contributed by atoms with E-state index in [2.05, 4.69) is 5.32 Å². The molecule has 59 nitrogen and oxygen atoms in total. The van der Waals surface area contributed by atoms with Crippen molar-refractivity contribution < 1.29 is 277 Å². The molecule has 10 fully saturated rings. The van der Waals surface area contributed by atoms with E-state index in [-0.39, 0.29) is 0 Å². The average molecular weight is 1870 g/mol. The van der Waals surface area contributed by atoms with Gasteiger partial charge in [0.15, 0.2) is 50.1 Å². The number of carbonyl (C=O) groups is 5. The number of carboxylic acid groups (broad SMARTS) is 4. The zero-order valence-electron chi connectivity index (χ0n) is 66.4. The topological polar surface area (TPSA) is 972 Å². The molecule has 0 unspecified atom stereocenters. The number of nitrogens with one attached hydrogen (secondary N) is 1. The van der Waals surface area contributed by atoms with Crippen LogP contribution in [0.2, 0.25) is 0 Å². The molecule has 0 aromatic carbocycles. The van der Waals surface area contributed by atoms with E-state index >= 15 is 0 Å². The molecule has 0 aromatic rings. The highest BCUT2D eigenvalue weighted by atomic mass is 16.8. The van der Waals surface area contributed by atoms with Gasteiger partial charge in [-0.25, -0.2) is 19.2 Å². The van der Waals surface area contributed by atoms with Crippen LogP contribution in [0, 0.1) is 0 Å². The maximum Gasteiger partial charge on any atom is 0.364 e. The molecule has 0 aliphatic carbocycles. The molecule has 10 aliphatic heterocycles. The summed E-state index contributed by atoms with van der Waals surface area (Å²) in [5.74, 6) is -22.3. The molecule has 734 valence electrons. The maximum atomic E-state index is 14.7. The molecule has 0 aromatic heterocycles. The summed E-state index contributed by atoms with van der Waals surface area (Å²) in [5, 5.41) is 355. The van der Waals surface area contributed by atoms with Crippen LogP contribution >= 0.6 is 0 Å². The summed E-state index contributed by atoms with van der Waals surface area (Å²) < 4.78 is 111. The van der Waals surface area contributed by atoms with Crippen LogP contribution in [-0.4, -0.2) is 558 Å². The molecule has 0 radical (unpaired) electrons. The molecule has 10 aliphatic rings. The molecule has 59 heteroatoms. The predicted molar refractivity (Wildman–Crippen MR) is 379 cm³/mol. The second-order valence-corrected chi connectivity index (χ2v) is 31.8. The van der Waals surface area contributed by atoms with Gasteiger partial charge in [0.1, 0.15) is 207 Å². The highest BCUT2D eigenvalue weighted by Crippen LogP contribution is 2.47. The molecule has 0 bridgehead atoms. The zero-order valence-corrected chi connectivity index (χ0v) is 66.4. The van der Waals surface area contributed by atoms with Crippen LogP contribution in [0.4, 0.5) is 0 Å². The lowest BCUT2D eigenvalue weighted by atomic mass is 9.88. The molecular formula is C68H111N3O56. The van der Waals surface area contributed by atoms with E-state index in [1.165, 1.54) is 0 Å². The van der Waals surface area contributed by atoms with Gasteiger partial charge >= 0.3 is 23.9 Å². The van der Waals surface area contributed by atoms with E-state index in [4.69, 9.17) is 101 Å². The molecule has 127 heavy (non-hydrogen) atoms. The Kier molecular flexibility index (Phi) is 35.7. The number of carbonyl (C=O) groups excluding carboxylic acids is 1. The van der Waals surface area contributed by atoms with E-state index in [1.807, 2.05) is 0 Å². The summed E-state index contributed by atoms with van der Waals surface area (Å²) >= 11 is 0. The quantitative estimate of drug-likeness (QED) is 0.0280. The van der Waals surface area contributed by atoms with Crippen molar-refractivity contribution in [3.05, 3.63) is 0 Å². The van der Waals surface area contributed by atoms with Crippen molar-refractivity contribution in [1.82, 2.24) is 5.32 Å². The van der Waals surface area contributed by atoms with Gasteiger partial charge in [-0.3, -0.25) is 4.79 Å². The van der Waals surface area contributed by atoms with Crippen LogP contribution in [0.25, 0.3) is 0 Å². The van der Waals surface area contributed by atoms with Crippen molar-refractivity contribution >= 4 is 29.8 Å². The molecule has 10 rings (SSSR count). The average Bonchev–Trinajstić information content (AvgIpc) is 0.736. The van der Waals surface area contributed by atoms with Gasteiger partial charge in [-0.15, -0.1) is 0 Å². The maximum absolute atomic E-state index is 14.7. The minimum Gasteiger partial charge on any atom is -0.479 e. The molecule has 10 heterocycles. The van der Waals surface area contributed by atoms with Gasteiger partial charge in [0.25, 0.3) is 17.4 Å². The number of rotatable bonds is 35. The van der Waals surface area contributed by atoms with Gasteiger partial charge in [-0.2, -0.15) is 0 Å². The first kappa shape index (κ1) is 104. The summed E-state index contributed by atoms with van der Waals surface area (Å²) in [6, 6.07) is -6.53. The lowest BCUT2D eigenvalue weighted by molar-refractivity contribution is -0.410. The van der Waals surface area contributed by atoms with E-state index in [0.29, 0.717) is 0 Å². The number of carboxylic acids is 4. The fourth-order valence-corrected chi connectivity index (χ4v) is 16.2. The summed E-state index contributed by atoms with van der Waals surface area (Å²) in [7, 11) is 0. The van der Waals surface area contributed by atoms with Crippen LogP contribution in [-0.2, 0) is 114 Å². The summed E-state index contributed by atoms with van der Waals surface area (Å²) in [4.78, 5) is 69.2. The monoisotopic (exact) mass is 1870 g/mol. The van der Waals surface area contributed by atoms with E-state index in [1.54, 1.807) is 0 Å². The summed E-state index contributed by atoms with van der Waals surface area (Å²) in [6.45, 7) is -10.9. The second kappa shape index (κ2) is 43.4. The molecule has 50 atom stereocenters. The predicted octanol–water partition coefficient (Wildman–Crippen LogP) is -23.1. The smallest absolute Gasteiger partial charge is 0.364 e. The first-order valence-corrected chi connectivity index (χ1v) is 39.5. The number of aliphatic hydroxyl groups excluding tert-OH is 27. The SMILES string of the molecule is CC(=O)N[C@H]1[C@@H](O[C@@H]2C[C@](O[C@H]3[C@@H]([C@H](O)CO)O[C@@](O)(C(=O)O)C[C@H]3O[C@]3(C(=O)O)C[C@@H](O)[C@@H](O)[C@@H]([C@H](O)CO)O3)(C(=O)O)O[C@H]([C@@H](CO)O[C@@H]3O[C@H](CO)[C@@H](O)[C@H](O)[C@H]3N)[C@@H]2O)O[C@H](C(=O)O)[C@@H](O[C@H]2O[C@H](CO)[C@H](O)[C@H](O)[C@H]2N)[C@@H]1O[C@@H]1O[C@H](CO)[C@@H](O[C@@H]2O[C@H](CO)[C@@H](O[C@@H]3O[C@H](CO)[C@@H](O)[C@H](O)[C@H]3O[C@H]3O[C@H](CO)[C@@H](O)[C@H](O)[C@H]3O)[C@H](O)[C@H]2O)[C@H](O)[C@H]1O. The minimum atomic E-state index is -3.98. The molecule has 10 saturated heterocycles. The number of ether oxygens (including phenoxy) is 19. The highest BCUT2D eigenvalue weighted by molar-refractivity contribution is 5.78. The number of amides is 1. The summed E-state index contributed by atoms with van der Waals surface area (Å²) in [5.41, 5.74) is 12.5. The Morgan fingerprint density at radius 2 is 0.780 bits per heavy atom. The third-order valence-electron chi connectivity index (χ3n) is 23.3. The highest BCUT2D eigenvalue weighted by Gasteiger charge is 2.68. The standard InChI is InChI=1S/C68H111N3O56/c1-14(81)71-29-51(119-61-44(99)40(95)47(24(11-78)116-61)117-60-43(98)41(96)48(25(12-79)115-60)118-62-52(39(94)34(89)23(10-77)113-62)120-59-42(97)38(93)33(88)22(9-76)112-59)53(121-57-28(70)37(92)32(87)21(8-75)111-57)54(55(100)101)122-58(29)109-18-4-68(65(106)107,126-49(35(18)90)26(13-80)114-56-27(69)36(91)31(86)20(7-74)110-56)127-50-19(3-66(108,63(102)103)124-46(50)17(84)6-73)123-67(64(104)105)2-15(82)30(85)45(125-67)16(83)5-72/h15-54,56-62,72-80,82-99,108H,2-13,69-70H2,1H3,(H,71,81)(H,100,101)(H,102,103)(H,104,105)(H,106,107)/t15-,16-,17-,18-,19-,20-,21-,22-,23-,24-,25-,26-,27-,28-,29-,30-,31-,32+,33-,34-,35-,36-,37-,38+,39+,40-,41-,42-,43-,44-,45-,46-,47-,48-,49-,50-,51-,52-,53+,54+,56+,57-,58+,59-,60+,61+,62+,66-,67-,68+/m1/s1. The Bertz CT molecular complexity index is 3560. The lowest BCUT2D eigenvalue weighted by Gasteiger charge is -2.53. The van der Waals surface area contributed by atoms with Crippen molar-refractivity contribution in [3.8, 4) is 0 Å². The van der Waals surface area contributed by atoms with Crippen molar-refractivity contribution in [3.63, 3.8) is 0 Å². The molecular weight excluding hydrogens is 1750 g/mol. The number of nitrogens with two attached hydrogens (primary N) is 2. The van der Waals surface area contributed by atoms with Crippen molar-refractivity contribution in [2.75, 3.05) is 59.5 Å². The fourth-order valence-electron chi connectivity index (χ4n) is 16.2. The molecule has 0 saturated carbocycles. The van der Waals surface area contributed by atoms with Gasteiger partial charge in [0.2, 0.25) is 5.91 Å². The zero-order chi connectivity index (χ0) is 94.1. The third-order valence-corrected chi connectivity index (χ3v) is 23.3. The van der Waals surface area contributed by atoms with Crippen LogP contribution in [0.5, 0.6) is 0 Å². The fraction of sp³-hybridized carbons (Fsp3) is 0.926. The van der Waals surface area contributed by atoms with Crippen LogP contribution in [0.1, 0.15) is 26.2 Å². The second-order valence-electron chi connectivity index (χ2n) is 31.8. The minimum absolute atomic E-state index is 0.717. The lowest BCUT2D eigenvalue weighted by Crippen LogP contribution is -2.73. The van der Waals surface area contributed by atoms with E-state index in [0.717, 1.165) is 6.92 Å². The van der Waals surface area contributed by atoms with Gasteiger partial charge in [0.05, 0.1) is 89.9 Å². The van der Waals surface area contributed by atoms with Gasteiger partial charge in [-0.05, 0) is 0 Å². The third kappa shape index (κ3) is 21.5. The van der Waals surface area contributed by atoms with Crippen molar-refractivity contribution in [2.45, 2.75) is 332 Å². The van der Waals surface area contributed by atoms with Crippen molar-refractivity contribution in [2.24, 2.45) is 11.5 Å². The normalized spacial score (nSPS) is 49.0. The number of hydrogen-bond acceptors (Lipinski definition) is 54. The summed E-state index contributed by atoms with van der Waals surface area (Å²) in [6.07, 6.45) is -109. The molecule has 0 spiro atoms. The number of aliphatic carboxylic acids is 4. The van der Waals surface area contributed by atoms with Gasteiger partial charge in [0, 0.05) is 26.2 Å². The first-order chi connectivity index (χ1) is 59.7. The first-order valence-electron chi connectivity index (χ1n) is 39.5. The van der Waals surface area contributed by atoms with E-state index in [9.17, 15) is 187 Å². The van der Waals surface area contributed by atoms with Crippen LogP contribution in [0.3, 0.4) is 0 Å². The largest absolute Gasteiger partial charge is 0.479 e. The van der Waals surface area contributed by atoms with Crippen molar-refractivity contribution in [1.29, 1.82) is 0 Å². The molecule has 37 N–H and O–H groups in total. The Balaban J connectivity index is 1.03. The molecule has 1 amide bonds. The Hall–Kier alpha value is -4.61. The van der Waals surface area contributed by atoms with E-state index < -0.39 is 414 Å².